The number of nitrogens with one attached hydrogen (secondary N) is 1. The fourth-order valence-electron chi connectivity index (χ4n) is 3.01. The van der Waals surface area contributed by atoms with Gasteiger partial charge in [0.25, 0.3) is 0 Å². The monoisotopic (exact) mass is 296 g/mol. The minimum absolute atomic E-state index is 0.192. The van der Waals surface area contributed by atoms with Crippen LogP contribution in [0.15, 0.2) is 18.2 Å². The lowest BCUT2D eigenvalue weighted by Crippen LogP contribution is -2.48. The Bertz CT molecular complexity index is 511. The first-order chi connectivity index (χ1) is 9.86. The number of nitrogens with zero attached hydrogens (tertiary/aromatic N) is 1. The summed E-state index contributed by atoms with van der Waals surface area (Å²) in [5.74, 6) is -0.942. The number of likely N-dealkylation sites (tertiary alicyclic amines) is 1. The number of halogens is 2. The van der Waals surface area contributed by atoms with Gasteiger partial charge in [0, 0.05) is 24.8 Å². The molecule has 0 radical (unpaired) electrons. The van der Waals surface area contributed by atoms with Crippen LogP contribution in [-0.2, 0) is 4.79 Å². The van der Waals surface area contributed by atoms with Crippen molar-refractivity contribution in [2.45, 2.75) is 33.2 Å². The summed E-state index contributed by atoms with van der Waals surface area (Å²) < 4.78 is 26.0. The Labute approximate surface area is 124 Å². The fraction of sp³-hybridized carbons (Fsp3) is 0.562. The second kappa shape index (κ2) is 6.52. The summed E-state index contributed by atoms with van der Waals surface area (Å²) in [4.78, 5) is 14.4. The van der Waals surface area contributed by atoms with E-state index in [2.05, 4.69) is 24.1 Å². The highest BCUT2D eigenvalue weighted by atomic mass is 19.2. The molecule has 0 aromatic heterocycles. The van der Waals surface area contributed by atoms with Crippen LogP contribution in [0.3, 0.4) is 0 Å². The van der Waals surface area contributed by atoms with Crippen LogP contribution in [-0.4, -0.2) is 29.9 Å². The second-order valence-electron chi connectivity index (χ2n) is 6.19. The van der Waals surface area contributed by atoms with Crippen molar-refractivity contribution < 1.29 is 13.6 Å². The van der Waals surface area contributed by atoms with Gasteiger partial charge in [-0.3, -0.25) is 9.69 Å². The molecule has 1 aromatic carbocycles. The maximum Gasteiger partial charge on any atom is 0.241 e. The minimum atomic E-state index is -0.958. The van der Waals surface area contributed by atoms with Gasteiger partial charge in [-0.25, -0.2) is 8.78 Å². The number of hydrogen-bond acceptors (Lipinski definition) is 2. The van der Waals surface area contributed by atoms with Crippen molar-refractivity contribution in [2.24, 2.45) is 11.8 Å². The zero-order chi connectivity index (χ0) is 15.6. The number of benzene rings is 1. The van der Waals surface area contributed by atoms with E-state index in [0.29, 0.717) is 11.8 Å². The van der Waals surface area contributed by atoms with E-state index in [-0.39, 0.29) is 17.6 Å². The van der Waals surface area contributed by atoms with Gasteiger partial charge in [-0.2, -0.15) is 0 Å². The molecule has 0 aliphatic carbocycles. The molecule has 1 saturated heterocycles. The molecule has 1 heterocycles. The van der Waals surface area contributed by atoms with Crippen molar-refractivity contribution >= 4 is 11.6 Å². The van der Waals surface area contributed by atoms with Gasteiger partial charge >= 0.3 is 0 Å². The lowest BCUT2D eigenvalue weighted by molar-refractivity contribution is -0.121. The molecule has 3 atom stereocenters. The van der Waals surface area contributed by atoms with Gasteiger partial charge in [-0.05, 0) is 37.3 Å². The molecule has 0 spiro atoms. The third kappa shape index (κ3) is 4.00. The largest absolute Gasteiger partial charge is 0.325 e. The number of hydrogen-bond donors (Lipinski definition) is 1. The highest BCUT2D eigenvalue weighted by molar-refractivity contribution is 5.94. The molecular formula is C16H22F2N2O. The Morgan fingerprint density at radius 2 is 1.86 bits per heavy atom. The number of rotatable bonds is 3. The van der Waals surface area contributed by atoms with Crippen LogP contribution in [0.25, 0.3) is 0 Å². The normalized spacial score (nSPS) is 24.6. The first-order valence-electron chi connectivity index (χ1n) is 7.36. The van der Waals surface area contributed by atoms with E-state index in [1.807, 2.05) is 6.92 Å². The smallest absolute Gasteiger partial charge is 0.241 e. The molecule has 0 saturated carbocycles. The summed E-state index contributed by atoms with van der Waals surface area (Å²) in [7, 11) is 0. The maximum absolute atomic E-state index is 13.2. The molecule has 1 aliphatic rings. The molecule has 1 aromatic rings. The first kappa shape index (κ1) is 15.9. The molecular weight excluding hydrogens is 274 g/mol. The Hall–Kier alpha value is -1.49. The lowest BCUT2D eigenvalue weighted by atomic mass is 9.91. The molecule has 21 heavy (non-hydrogen) atoms. The van der Waals surface area contributed by atoms with E-state index in [1.165, 1.54) is 12.5 Å². The van der Waals surface area contributed by atoms with E-state index >= 15 is 0 Å². The predicted molar refractivity (Wildman–Crippen MR) is 79.0 cm³/mol. The van der Waals surface area contributed by atoms with Gasteiger partial charge < -0.3 is 5.32 Å². The fourth-order valence-corrected chi connectivity index (χ4v) is 3.01. The zero-order valence-corrected chi connectivity index (χ0v) is 12.7. The Kier molecular flexibility index (Phi) is 4.93. The van der Waals surface area contributed by atoms with E-state index in [1.54, 1.807) is 0 Å². The highest BCUT2D eigenvalue weighted by Gasteiger charge is 2.28. The van der Waals surface area contributed by atoms with E-state index < -0.39 is 11.6 Å². The third-order valence-corrected chi connectivity index (χ3v) is 4.01. The van der Waals surface area contributed by atoms with Crippen LogP contribution in [0, 0.1) is 23.5 Å². The molecule has 5 heteroatoms. The van der Waals surface area contributed by atoms with Crippen molar-refractivity contribution in [1.82, 2.24) is 4.90 Å². The Morgan fingerprint density at radius 3 is 2.43 bits per heavy atom. The molecule has 3 unspecified atom stereocenters. The van der Waals surface area contributed by atoms with Gasteiger partial charge in [0.1, 0.15) is 0 Å². The van der Waals surface area contributed by atoms with Gasteiger partial charge in [-0.1, -0.05) is 13.8 Å². The van der Waals surface area contributed by atoms with Crippen molar-refractivity contribution in [3.63, 3.8) is 0 Å². The average Bonchev–Trinajstić information content (AvgIpc) is 2.41. The van der Waals surface area contributed by atoms with Crippen molar-refractivity contribution in [3.8, 4) is 0 Å². The first-order valence-corrected chi connectivity index (χ1v) is 7.36. The summed E-state index contributed by atoms with van der Waals surface area (Å²) in [5.41, 5.74) is 0.281. The molecule has 3 nitrogen and oxygen atoms in total. The molecule has 116 valence electrons. The molecule has 1 amide bonds. The SMILES string of the molecule is CC1CC(C)CN(C(C)C(=O)Nc2ccc(F)c(F)c2)C1. The summed E-state index contributed by atoms with van der Waals surface area (Å²) in [5, 5.41) is 2.65. The van der Waals surface area contributed by atoms with Gasteiger partial charge in [-0.15, -0.1) is 0 Å². The molecule has 1 N–H and O–H groups in total. The number of anilines is 1. The number of piperidine rings is 1. The number of amides is 1. The van der Waals surface area contributed by atoms with Gasteiger partial charge in [0.2, 0.25) is 5.91 Å². The average molecular weight is 296 g/mol. The van der Waals surface area contributed by atoms with Crippen LogP contribution in [0.2, 0.25) is 0 Å². The third-order valence-electron chi connectivity index (χ3n) is 4.01. The number of carbonyl (C=O) groups excluding carboxylic acids is 1. The minimum Gasteiger partial charge on any atom is -0.325 e. The molecule has 0 bridgehead atoms. The van der Waals surface area contributed by atoms with Crippen LogP contribution >= 0.6 is 0 Å². The highest BCUT2D eigenvalue weighted by Crippen LogP contribution is 2.23. The van der Waals surface area contributed by atoms with Crippen LogP contribution < -0.4 is 5.32 Å². The summed E-state index contributed by atoms with van der Waals surface area (Å²) in [6.45, 7) is 7.98. The molecule has 2 rings (SSSR count). The summed E-state index contributed by atoms with van der Waals surface area (Å²) in [6.07, 6.45) is 1.17. The summed E-state index contributed by atoms with van der Waals surface area (Å²) in [6, 6.07) is 3.09. The van der Waals surface area contributed by atoms with E-state index in [0.717, 1.165) is 25.2 Å². The quantitative estimate of drug-likeness (QED) is 0.928. The standard InChI is InChI=1S/C16H22F2N2O/c1-10-6-11(2)9-20(8-10)12(3)16(21)19-13-4-5-14(17)15(18)7-13/h4-5,7,10-12H,6,8-9H2,1-3H3,(H,19,21). The Balaban J connectivity index is 2.00. The van der Waals surface area contributed by atoms with Gasteiger partial charge in [0.15, 0.2) is 11.6 Å². The van der Waals surface area contributed by atoms with Crippen molar-refractivity contribution in [3.05, 3.63) is 29.8 Å². The topological polar surface area (TPSA) is 32.3 Å². The summed E-state index contributed by atoms with van der Waals surface area (Å²) >= 11 is 0. The van der Waals surface area contributed by atoms with Crippen LogP contribution in [0.1, 0.15) is 27.2 Å². The lowest BCUT2D eigenvalue weighted by Gasteiger charge is -2.38. The predicted octanol–water partition coefficient (Wildman–Crippen LogP) is 3.27. The van der Waals surface area contributed by atoms with Crippen molar-refractivity contribution in [1.29, 1.82) is 0 Å². The zero-order valence-electron chi connectivity index (χ0n) is 12.7. The molecule has 1 fully saturated rings. The van der Waals surface area contributed by atoms with Crippen LogP contribution in [0.5, 0.6) is 0 Å². The Morgan fingerprint density at radius 1 is 1.24 bits per heavy atom. The molecule has 1 aliphatic heterocycles. The van der Waals surface area contributed by atoms with E-state index in [9.17, 15) is 13.6 Å². The van der Waals surface area contributed by atoms with Gasteiger partial charge in [0.05, 0.1) is 6.04 Å². The van der Waals surface area contributed by atoms with Crippen LogP contribution in [0.4, 0.5) is 14.5 Å². The number of carbonyl (C=O) groups is 1. The maximum atomic E-state index is 13.2. The van der Waals surface area contributed by atoms with Crippen molar-refractivity contribution in [2.75, 3.05) is 18.4 Å². The van der Waals surface area contributed by atoms with E-state index in [4.69, 9.17) is 0 Å². The second-order valence-corrected chi connectivity index (χ2v) is 6.19.